The standard InChI is InChI=1S/C4H3ClN6/c5-3-2(6)1-8-4(9-3)10-11-7/h1H,6H2. The Morgan fingerprint density at radius 3 is 3.00 bits per heavy atom. The van der Waals surface area contributed by atoms with E-state index < -0.39 is 0 Å². The molecule has 0 radical (unpaired) electrons. The number of hydrogen-bond donors (Lipinski definition) is 1. The maximum Gasteiger partial charge on any atom is 0.218 e. The molecule has 2 N–H and O–H groups in total. The maximum absolute atomic E-state index is 7.98. The molecule has 0 aromatic carbocycles. The van der Waals surface area contributed by atoms with Crippen molar-refractivity contribution in [3.8, 4) is 0 Å². The molecule has 0 atom stereocenters. The lowest BCUT2D eigenvalue weighted by molar-refractivity contribution is 1.13. The molecule has 0 saturated carbocycles. The Labute approximate surface area is 66.6 Å². The van der Waals surface area contributed by atoms with Gasteiger partial charge in [-0.2, -0.15) is 0 Å². The topological polar surface area (TPSA) is 101 Å². The van der Waals surface area contributed by atoms with E-state index in [9.17, 15) is 0 Å². The molecule has 0 bridgehead atoms. The molecule has 7 heteroatoms. The fourth-order valence-electron chi connectivity index (χ4n) is 0.450. The SMILES string of the molecule is [N-]=[N+]=Nc1ncc(N)c(Cl)n1. The summed E-state index contributed by atoms with van der Waals surface area (Å²) >= 11 is 5.49. The third-order valence-corrected chi connectivity index (χ3v) is 1.19. The van der Waals surface area contributed by atoms with Crippen LogP contribution in [0.25, 0.3) is 10.4 Å². The molecule has 11 heavy (non-hydrogen) atoms. The summed E-state index contributed by atoms with van der Waals surface area (Å²) in [4.78, 5) is 9.64. The van der Waals surface area contributed by atoms with E-state index in [0.29, 0.717) is 0 Å². The van der Waals surface area contributed by atoms with E-state index in [-0.39, 0.29) is 16.8 Å². The van der Waals surface area contributed by atoms with Gasteiger partial charge >= 0.3 is 0 Å². The normalized spacial score (nSPS) is 8.82. The van der Waals surface area contributed by atoms with Crippen LogP contribution in [0.3, 0.4) is 0 Å². The molecule has 0 aliphatic heterocycles. The second kappa shape index (κ2) is 3.05. The van der Waals surface area contributed by atoms with Crippen molar-refractivity contribution in [1.82, 2.24) is 9.97 Å². The second-order valence-corrected chi connectivity index (χ2v) is 1.96. The highest BCUT2D eigenvalue weighted by Gasteiger charge is 1.98. The highest BCUT2D eigenvalue weighted by atomic mass is 35.5. The molecule has 1 rings (SSSR count). The predicted molar refractivity (Wildman–Crippen MR) is 40.3 cm³/mol. The van der Waals surface area contributed by atoms with Gasteiger partial charge in [0.25, 0.3) is 0 Å². The average molecular weight is 171 g/mol. The first kappa shape index (κ1) is 7.59. The van der Waals surface area contributed by atoms with Crippen molar-refractivity contribution >= 4 is 23.2 Å². The lowest BCUT2D eigenvalue weighted by atomic mass is 10.6. The first-order valence-electron chi connectivity index (χ1n) is 2.57. The van der Waals surface area contributed by atoms with Crippen LogP contribution in [-0.4, -0.2) is 9.97 Å². The number of nitrogens with zero attached hydrogens (tertiary/aromatic N) is 5. The molecule has 0 unspecified atom stereocenters. The molecule has 1 heterocycles. The summed E-state index contributed by atoms with van der Waals surface area (Å²) in [6.45, 7) is 0. The number of aromatic nitrogens is 2. The molecule has 0 spiro atoms. The van der Waals surface area contributed by atoms with Gasteiger partial charge < -0.3 is 5.73 Å². The van der Waals surface area contributed by atoms with Crippen molar-refractivity contribution in [2.24, 2.45) is 5.11 Å². The highest BCUT2D eigenvalue weighted by Crippen LogP contribution is 2.16. The van der Waals surface area contributed by atoms with Crippen LogP contribution in [-0.2, 0) is 0 Å². The van der Waals surface area contributed by atoms with Crippen molar-refractivity contribution in [3.05, 3.63) is 21.8 Å². The number of halogens is 1. The van der Waals surface area contributed by atoms with Crippen LogP contribution >= 0.6 is 11.6 Å². The van der Waals surface area contributed by atoms with Gasteiger partial charge in [-0.15, -0.1) is 0 Å². The van der Waals surface area contributed by atoms with Crippen molar-refractivity contribution < 1.29 is 0 Å². The zero-order valence-corrected chi connectivity index (χ0v) is 6.02. The monoisotopic (exact) mass is 170 g/mol. The van der Waals surface area contributed by atoms with E-state index in [1.807, 2.05) is 0 Å². The number of hydrogen-bond acceptors (Lipinski definition) is 4. The lowest BCUT2D eigenvalue weighted by Gasteiger charge is -1.94. The van der Waals surface area contributed by atoms with E-state index in [2.05, 4.69) is 20.0 Å². The van der Waals surface area contributed by atoms with Crippen LogP contribution in [0.4, 0.5) is 11.6 Å². The maximum atomic E-state index is 7.98. The fraction of sp³-hybridized carbons (Fsp3) is 0. The summed E-state index contributed by atoms with van der Waals surface area (Å²) in [5.74, 6) is -0.0355. The molecule has 0 aliphatic carbocycles. The van der Waals surface area contributed by atoms with Gasteiger partial charge in [0.15, 0.2) is 5.15 Å². The molecule has 1 aromatic rings. The quantitative estimate of drug-likeness (QED) is 0.300. The predicted octanol–water partition coefficient (Wildman–Crippen LogP) is 1.65. The molecular weight excluding hydrogens is 168 g/mol. The Balaban J connectivity index is 3.14. The molecule has 0 aliphatic rings. The summed E-state index contributed by atoms with van der Waals surface area (Å²) in [7, 11) is 0. The van der Waals surface area contributed by atoms with E-state index >= 15 is 0 Å². The van der Waals surface area contributed by atoms with Crippen molar-refractivity contribution in [1.29, 1.82) is 0 Å². The van der Waals surface area contributed by atoms with E-state index in [1.165, 1.54) is 6.20 Å². The van der Waals surface area contributed by atoms with Crippen molar-refractivity contribution in [2.45, 2.75) is 0 Å². The molecule has 0 fully saturated rings. The summed E-state index contributed by atoms with van der Waals surface area (Å²) in [5, 5.41) is 3.21. The van der Waals surface area contributed by atoms with Gasteiger partial charge in [-0.05, 0) is 10.6 Å². The molecular formula is C4H3ClN6. The largest absolute Gasteiger partial charge is 0.395 e. The number of anilines is 1. The van der Waals surface area contributed by atoms with Crippen molar-refractivity contribution in [2.75, 3.05) is 5.73 Å². The van der Waals surface area contributed by atoms with Gasteiger partial charge in [0, 0.05) is 4.91 Å². The molecule has 6 nitrogen and oxygen atoms in total. The van der Waals surface area contributed by atoms with Crippen LogP contribution in [0.5, 0.6) is 0 Å². The molecule has 0 saturated heterocycles. The van der Waals surface area contributed by atoms with E-state index in [1.54, 1.807) is 0 Å². The summed E-state index contributed by atoms with van der Waals surface area (Å²) < 4.78 is 0. The smallest absolute Gasteiger partial charge is 0.218 e. The van der Waals surface area contributed by atoms with Crippen LogP contribution in [0.15, 0.2) is 11.3 Å². The van der Waals surface area contributed by atoms with Gasteiger partial charge in [0.1, 0.15) is 0 Å². The summed E-state index contributed by atoms with van der Waals surface area (Å²) in [5.41, 5.74) is 13.5. The van der Waals surface area contributed by atoms with Crippen LogP contribution in [0.2, 0.25) is 5.15 Å². The number of nitrogens with two attached hydrogens (primary N) is 1. The number of rotatable bonds is 1. The van der Waals surface area contributed by atoms with Gasteiger partial charge in [-0.25, -0.2) is 9.97 Å². The second-order valence-electron chi connectivity index (χ2n) is 1.61. The van der Waals surface area contributed by atoms with Crippen LogP contribution < -0.4 is 5.73 Å². The lowest BCUT2D eigenvalue weighted by Crippen LogP contribution is -1.90. The Hall–Kier alpha value is -1.52. The zero-order valence-electron chi connectivity index (χ0n) is 5.27. The van der Waals surface area contributed by atoms with Gasteiger partial charge in [-0.3, -0.25) is 0 Å². The first-order chi connectivity index (χ1) is 5.24. The minimum absolute atomic E-state index is 0.0355. The minimum Gasteiger partial charge on any atom is -0.395 e. The third kappa shape index (κ3) is 1.70. The highest BCUT2D eigenvalue weighted by molar-refractivity contribution is 6.31. The number of azide groups is 1. The Kier molecular flexibility index (Phi) is 2.10. The molecule has 56 valence electrons. The molecule has 0 amide bonds. The minimum atomic E-state index is -0.0355. The Morgan fingerprint density at radius 1 is 1.73 bits per heavy atom. The van der Waals surface area contributed by atoms with Crippen molar-refractivity contribution in [3.63, 3.8) is 0 Å². The average Bonchev–Trinajstić information content (AvgIpc) is 1.98. The first-order valence-corrected chi connectivity index (χ1v) is 2.95. The zero-order chi connectivity index (χ0) is 8.27. The van der Waals surface area contributed by atoms with Crippen LogP contribution in [0.1, 0.15) is 0 Å². The van der Waals surface area contributed by atoms with Crippen LogP contribution in [0, 0.1) is 0 Å². The summed E-state index contributed by atoms with van der Waals surface area (Å²) in [6, 6.07) is 0. The summed E-state index contributed by atoms with van der Waals surface area (Å²) in [6.07, 6.45) is 1.28. The van der Waals surface area contributed by atoms with E-state index in [4.69, 9.17) is 22.9 Å². The van der Waals surface area contributed by atoms with Gasteiger partial charge in [0.2, 0.25) is 5.95 Å². The Morgan fingerprint density at radius 2 is 2.45 bits per heavy atom. The fourth-order valence-corrected chi connectivity index (χ4v) is 0.574. The van der Waals surface area contributed by atoms with Gasteiger partial charge in [0.05, 0.1) is 11.9 Å². The third-order valence-electron chi connectivity index (χ3n) is 0.890. The number of nitrogen functional groups attached to an aromatic ring is 1. The van der Waals surface area contributed by atoms with Gasteiger partial charge in [-0.1, -0.05) is 11.6 Å². The van der Waals surface area contributed by atoms with E-state index in [0.717, 1.165) is 0 Å². The Bertz CT molecular complexity index is 316. The molecule has 1 aromatic heterocycles.